The molecule has 29 heavy (non-hydrogen) atoms. The quantitative estimate of drug-likeness (QED) is 0.617. The molecule has 2 aromatic carbocycles. The Morgan fingerprint density at radius 1 is 1.00 bits per heavy atom. The van der Waals surface area contributed by atoms with Crippen molar-refractivity contribution in [2.24, 2.45) is 11.8 Å². The van der Waals surface area contributed by atoms with Gasteiger partial charge in [-0.1, -0.05) is 11.6 Å². The van der Waals surface area contributed by atoms with Crippen molar-refractivity contribution >= 4 is 34.9 Å². The van der Waals surface area contributed by atoms with Gasteiger partial charge >= 0.3 is 0 Å². The molecular weight excluding hydrogens is 395 g/mol. The van der Waals surface area contributed by atoms with Crippen molar-refractivity contribution in [3.8, 4) is 0 Å². The van der Waals surface area contributed by atoms with E-state index in [-0.39, 0.29) is 23.6 Å². The zero-order valence-electron chi connectivity index (χ0n) is 15.5. The van der Waals surface area contributed by atoms with E-state index < -0.39 is 23.7 Å². The molecule has 5 rings (SSSR count). The predicted octanol–water partition coefficient (Wildman–Crippen LogP) is 1.90. The van der Waals surface area contributed by atoms with E-state index in [1.54, 1.807) is 24.3 Å². The van der Waals surface area contributed by atoms with Gasteiger partial charge in [-0.2, -0.15) is 0 Å². The number of carbonyl (C=O) groups is 3. The molecule has 7 heteroatoms. The Morgan fingerprint density at radius 2 is 1.66 bits per heavy atom. The summed E-state index contributed by atoms with van der Waals surface area (Å²) in [5, 5.41) is 0.517. The highest BCUT2D eigenvalue weighted by Crippen LogP contribution is 2.40. The summed E-state index contributed by atoms with van der Waals surface area (Å²) in [6, 6.07) is 11.3. The lowest BCUT2D eigenvalue weighted by Crippen LogP contribution is -3.16. The summed E-state index contributed by atoms with van der Waals surface area (Å²) in [5.74, 6) is -2.36. The standard InChI is InChI=1S/C22H18ClFN2O3/c23-13-5-9-15(10-6-13)26-21(28)17-16-2-1-11-25(16)19(18(17)22(26)29)20(27)12-3-7-14(24)8-4-12/h3-10,16-19H,1-2,11H2/p+1/t16-,17+,18+,19+/m1/s1. The minimum absolute atomic E-state index is 0.0388. The lowest BCUT2D eigenvalue weighted by atomic mass is 9.85. The Labute approximate surface area is 172 Å². The zero-order valence-corrected chi connectivity index (χ0v) is 16.2. The first-order chi connectivity index (χ1) is 14.0. The van der Waals surface area contributed by atoms with E-state index in [9.17, 15) is 18.8 Å². The molecule has 0 aliphatic carbocycles. The van der Waals surface area contributed by atoms with Crippen LogP contribution in [0.2, 0.25) is 5.02 Å². The predicted molar refractivity (Wildman–Crippen MR) is 104 cm³/mol. The molecule has 5 atom stereocenters. The first-order valence-corrected chi connectivity index (χ1v) is 10.1. The van der Waals surface area contributed by atoms with Gasteiger partial charge in [0, 0.05) is 23.4 Å². The number of hydrogen-bond acceptors (Lipinski definition) is 3. The molecule has 0 bridgehead atoms. The van der Waals surface area contributed by atoms with Gasteiger partial charge in [0.2, 0.25) is 17.6 Å². The van der Waals surface area contributed by atoms with Crippen LogP contribution in [-0.2, 0) is 9.59 Å². The molecule has 3 saturated heterocycles. The maximum atomic E-state index is 13.4. The zero-order chi connectivity index (χ0) is 20.3. The van der Waals surface area contributed by atoms with Gasteiger partial charge in [0.15, 0.2) is 6.04 Å². The molecule has 0 saturated carbocycles. The number of anilines is 1. The number of halogens is 2. The fraction of sp³-hybridized carbons (Fsp3) is 0.318. The van der Waals surface area contributed by atoms with Gasteiger partial charge in [0.25, 0.3) is 0 Å². The molecule has 148 valence electrons. The number of nitrogens with one attached hydrogen (secondary N) is 1. The second-order valence-corrected chi connectivity index (χ2v) is 8.40. The van der Waals surface area contributed by atoms with Crippen molar-refractivity contribution in [3.63, 3.8) is 0 Å². The summed E-state index contributed by atoms with van der Waals surface area (Å²) in [6.07, 6.45) is 1.73. The molecular formula is C22H19ClFN2O3+. The van der Waals surface area contributed by atoms with Crippen molar-refractivity contribution in [1.29, 1.82) is 0 Å². The molecule has 1 N–H and O–H groups in total. The first kappa shape index (κ1) is 18.5. The monoisotopic (exact) mass is 413 g/mol. The fourth-order valence-corrected chi connectivity index (χ4v) is 5.51. The Morgan fingerprint density at radius 3 is 2.34 bits per heavy atom. The summed E-state index contributed by atoms with van der Waals surface area (Å²) in [6.45, 7) is 0.761. The third-order valence-electron chi connectivity index (χ3n) is 6.54. The number of carbonyl (C=O) groups excluding carboxylic acids is 3. The third-order valence-corrected chi connectivity index (χ3v) is 6.79. The summed E-state index contributed by atoms with van der Waals surface area (Å²) >= 11 is 5.94. The van der Waals surface area contributed by atoms with Crippen molar-refractivity contribution in [2.75, 3.05) is 11.4 Å². The number of fused-ring (bicyclic) bond motifs is 3. The van der Waals surface area contributed by atoms with Crippen LogP contribution in [0.1, 0.15) is 23.2 Å². The molecule has 3 fully saturated rings. The van der Waals surface area contributed by atoms with Crippen LogP contribution in [0.4, 0.5) is 10.1 Å². The number of rotatable bonds is 3. The normalized spacial score (nSPS) is 30.6. The largest absolute Gasteiger partial charge is 0.322 e. The van der Waals surface area contributed by atoms with Crippen molar-refractivity contribution in [1.82, 2.24) is 0 Å². The Hall–Kier alpha value is -2.57. The van der Waals surface area contributed by atoms with E-state index in [4.69, 9.17) is 11.6 Å². The highest BCUT2D eigenvalue weighted by Gasteiger charge is 2.68. The number of ketones is 1. The molecule has 3 aliphatic rings. The lowest BCUT2D eigenvalue weighted by Gasteiger charge is -2.25. The van der Waals surface area contributed by atoms with Gasteiger partial charge in [-0.15, -0.1) is 0 Å². The van der Waals surface area contributed by atoms with E-state index in [1.807, 2.05) is 0 Å². The highest BCUT2D eigenvalue weighted by molar-refractivity contribution is 6.31. The van der Waals surface area contributed by atoms with Crippen LogP contribution < -0.4 is 9.80 Å². The van der Waals surface area contributed by atoms with Gasteiger partial charge in [-0.05, 0) is 48.5 Å². The molecule has 0 radical (unpaired) electrons. The summed E-state index contributed by atoms with van der Waals surface area (Å²) in [4.78, 5) is 42.2. The molecule has 0 aromatic heterocycles. The first-order valence-electron chi connectivity index (χ1n) is 9.76. The van der Waals surface area contributed by atoms with Crippen LogP contribution in [0.5, 0.6) is 0 Å². The molecule has 5 nitrogen and oxygen atoms in total. The van der Waals surface area contributed by atoms with Crippen LogP contribution in [0, 0.1) is 17.7 Å². The van der Waals surface area contributed by atoms with Crippen LogP contribution in [0.3, 0.4) is 0 Å². The Balaban J connectivity index is 1.54. The third kappa shape index (κ3) is 2.74. The summed E-state index contributed by atoms with van der Waals surface area (Å²) in [7, 11) is 0. The van der Waals surface area contributed by atoms with Gasteiger partial charge in [0.1, 0.15) is 23.7 Å². The van der Waals surface area contributed by atoms with Gasteiger partial charge in [0.05, 0.1) is 12.2 Å². The van der Waals surface area contributed by atoms with E-state index in [1.165, 1.54) is 29.2 Å². The molecule has 0 spiro atoms. The molecule has 2 aromatic rings. The molecule has 3 heterocycles. The van der Waals surface area contributed by atoms with Crippen molar-refractivity contribution in [2.45, 2.75) is 24.9 Å². The average molecular weight is 414 g/mol. The summed E-state index contributed by atoms with van der Waals surface area (Å²) < 4.78 is 13.3. The second kappa shape index (κ2) is 6.75. The van der Waals surface area contributed by atoms with E-state index in [0.29, 0.717) is 16.3 Å². The van der Waals surface area contributed by atoms with Crippen LogP contribution >= 0.6 is 11.6 Å². The van der Waals surface area contributed by atoms with Gasteiger partial charge in [-0.3, -0.25) is 14.4 Å². The number of quaternary nitrogens is 1. The minimum atomic E-state index is -0.684. The van der Waals surface area contributed by atoms with Crippen LogP contribution in [-0.4, -0.2) is 36.2 Å². The number of hydrogen-bond donors (Lipinski definition) is 1. The molecule has 3 aliphatic heterocycles. The SMILES string of the molecule is O=C(c1ccc(F)cc1)[C@@H]1[C@H]2C(=O)N(c3ccc(Cl)cc3)C(=O)[C@H]2[C@H]2CCC[NH+]21. The van der Waals surface area contributed by atoms with Gasteiger partial charge < -0.3 is 4.90 Å². The van der Waals surface area contributed by atoms with Crippen LogP contribution in [0.25, 0.3) is 0 Å². The number of Topliss-reactive ketones (excluding diaryl/α,β-unsaturated/α-hetero) is 1. The smallest absolute Gasteiger partial charge is 0.244 e. The van der Waals surface area contributed by atoms with E-state index in [0.717, 1.165) is 24.3 Å². The number of benzene rings is 2. The number of imide groups is 1. The van der Waals surface area contributed by atoms with Gasteiger partial charge in [-0.25, -0.2) is 9.29 Å². The average Bonchev–Trinajstić information content (AvgIpc) is 3.35. The minimum Gasteiger partial charge on any atom is -0.322 e. The van der Waals surface area contributed by atoms with Crippen molar-refractivity contribution < 1.29 is 23.7 Å². The highest BCUT2D eigenvalue weighted by atomic mass is 35.5. The van der Waals surface area contributed by atoms with E-state index in [2.05, 4.69) is 0 Å². The maximum Gasteiger partial charge on any atom is 0.244 e. The number of nitrogens with zero attached hydrogens (tertiary/aromatic N) is 1. The fourth-order valence-electron chi connectivity index (χ4n) is 5.38. The molecule has 2 amide bonds. The topological polar surface area (TPSA) is 58.9 Å². The van der Waals surface area contributed by atoms with Crippen molar-refractivity contribution in [3.05, 3.63) is 64.9 Å². The number of amides is 2. The maximum absolute atomic E-state index is 13.4. The Kier molecular flexibility index (Phi) is 4.29. The lowest BCUT2D eigenvalue weighted by molar-refractivity contribution is -0.915. The molecule has 1 unspecified atom stereocenters. The summed E-state index contributed by atoms with van der Waals surface area (Å²) in [5.41, 5.74) is 0.853. The second-order valence-electron chi connectivity index (χ2n) is 7.96. The van der Waals surface area contributed by atoms with Crippen LogP contribution in [0.15, 0.2) is 48.5 Å². The Bertz CT molecular complexity index is 1010. The van der Waals surface area contributed by atoms with E-state index >= 15 is 0 Å².